The molecule has 0 unspecified atom stereocenters. The zero-order chi connectivity index (χ0) is 27.7. The molecule has 6 rings (SSSR count). The first-order valence-corrected chi connectivity index (χ1v) is 15.5. The normalized spacial score (nSPS) is 17.7. The zero-order valence-electron chi connectivity index (χ0n) is 22.4. The molecule has 40 heavy (non-hydrogen) atoms. The molecule has 0 radical (unpaired) electrons. The lowest BCUT2D eigenvalue weighted by molar-refractivity contribution is 0.414. The minimum atomic E-state index is -3.45. The van der Waals surface area contributed by atoms with Crippen molar-refractivity contribution in [2.45, 2.75) is 30.2 Å². The Balaban J connectivity index is 1.30. The van der Waals surface area contributed by atoms with E-state index in [4.69, 9.17) is 19.6 Å². The van der Waals surface area contributed by atoms with Gasteiger partial charge in [-0.1, -0.05) is 24.3 Å². The van der Waals surface area contributed by atoms with Crippen molar-refractivity contribution in [2.24, 2.45) is 5.10 Å². The van der Waals surface area contributed by atoms with Crippen molar-refractivity contribution >= 4 is 32.2 Å². The third kappa shape index (κ3) is 5.10. The van der Waals surface area contributed by atoms with Gasteiger partial charge < -0.3 is 9.47 Å². The molecule has 10 heteroatoms. The highest BCUT2D eigenvalue weighted by molar-refractivity contribution is 7.89. The number of hydrogen-bond donors (Lipinski definition) is 0. The second-order valence-corrected chi connectivity index (χ2v) is 12.5. The van der Waals surface area contributed by atoms with Gasteiger partial charge in [0.15, 0.2) is 0 Å². The predicted molar refractivity (Wildman–Crippen MR) is 158 cm³/mol. The molecule has 0 aliphatic carbocycles. The molecule has 0 amide bonds. The molecule has 1 atom stereocenters. The molecule has 3 heterocycles. The van der Waals surface area contributed by atoms with E-state index in [0.29, 0.717) is 18.0 Å². The van der Waals surface area contributed by atoms with E-state index in [1.807, 2.05) is 58.9 Å². The molecule has 0 N–H and O–H groups in total. The average Bonchev–Trinajstić information content (AvgIpc) is 3.79. The summed E-state index contributed by atoms with van der Waals surface area (Å²) in [7, 11) is -0.136. The molecule has 0 bridgehead atoms. The van der Waals surface area contributed by atoms with E-state index in [-0.39, 0.29) is 6.04 Å². The van der Waals surface area contributed by atoms with Gasteiger partial charge in [-0.3, -0.25) is 0 Å². The summed E-state index contributed by atoms with van der Waals surface area (Å²) >= 11 is 1.52. The number of aromatic nitrogens is 1. The fourth-order valence-electron chi connectivity index (χ4n) is 5.11. The van der Waals surface area contributed by atoms with Gasteiger partial charge in [0.1, 0.15) is 11.5 Å². The van der Waals surface area contributed by atoms with Crippen LogP contribution in [0, 0.1) is 0 Å². The number of benzene rings is 3. The largest absolute Gasteiger partial charge is 0.497 e. The highest BCUT2D eigenvalue weighted by Gasteiger charge is 2.32. The van der Waals surface area contributed by atoms with Crippen LogP contribution in [0.3, 0.4) is 0 Å². The number of sulfonamides is 1. The molecule has 2 aliphatic rings. The van der Waals surface area contributed by atoms with Gasteiger partial charge in [0.05, 0.1) is 36.6 Å². The molecular weight excluding hydrogens is 544 g/mol. The van der Waals surface area contributed by atoms with Gasteiger partial charge in [0.25, 0.3) is 0 Å². The summed E-state index contributed by atoms with van der Waals surface area (Å²) in [6, 6.07) is 23.0. The summed E-state index contributed by atoms with van der Waals surface area (Å²) in [4.78, 5) is 5.25. The fraction of sp³-hybridized carbons (Fsp3) is 0.267. The van der Waals surface area contributed by atoms with Crippen LogP contribution < -0.4 is 14.5 Å². The van der Waals surface area contributed by atoms with Crippen LogP contribution in [0.25, 0.3) is 11.3 Å². The van der Waals surface area contributed by atoms with Crippen LogP contribution >= 0.6 is 11.3 Å². The number of nitrogens with zero attached hydrogens (tertiary/aromatic N) is 4. The number of hydrogen-bond acceptors (Lipinski definition) is 8. The van der Waals surface area contributed by atoms with Crippen LogP contribution in [-0.4, -0.2) is 50.7 Å². The summed E-state index contributed by atoms with van der Waals surface area (Å²) in [5.41, 5.74) is 4.76. The van der Waals surface area contributed by atoms with Crippen molar-refractivity contribution in [3.05, 3.63) is 89.3 Å². The Labute approximate surface area is 238 Å². The van der Waals surface area contributed by atoms with Crippen LogP contribution in [0.1, 0.15) is 36.4 Å². The lowest BCUT2D eigenvalue weighted by atomic mass is 9.98. The van der Waals surface area contributed by atoms with Crippen molar-refractivity contribution in [1.82, 2.24) is 9.29 Å². The Bertz CT molecular complexity index is 1610. The molecular formula is C30H30N4O4S2. The van der Waals surface area contributed by atoms with Gasteiger partial charge in [0, 0.05) is 30.5 Å². The Morgan fingerprint density at radius 3 is 2.05 bits per heavy atom. The number of methoxy groups -OCH3 is 2. The van der Waals surface area contributed by atoms with E-state index in [9.17, 15) is 8.42 Å². The SMILES string of the molecule is COc1ccc(C2=NN(c3nc(-c4ccc(S(=O)(=O)N5CCCC5)cc4)cs3)[C@H](c3ccc(OC)cc3)C2)cc1. The number of rotatable bonds is 8. The van der Waals surface area contributed by atoms with Gasteiger partial charge in [0.2, 0.25) is 15.2 Å². The summed E-state index contributed by atoms with van der Waals surface area (Å²) in [6.07, 6.45) is 2.54. The van der Waals surface area contributed by atoms with Gasteiger partial charge in [-0.25, -0.2) is 18.4 Å². The highest BCUT2D eigenvalue weighted by Crippen LogP contribution is 2.40. The first-order valence-electron chi connectivity index (χ1n) is 13.2. The maximum Gasteiger partial charge on any atom is 0.243 e. The fourth-order valence-corrected chi connectivity index (χ4v) is 7.46. The second-order valence-electron chi connectivity index (χ2n) is 9.76. The van der Waals surface area contributed by atoms with Crippen LogP contribution in [0.2, 0.25) is 0 Å². The molecule has 1 fully saturated rings. The summed E-state index contributed by atoms with van der Waals surface area (Å²) in [5.74, 6) is 1.60. The Kier molecular flexibility index (Phi) is 7.31. The summed E-state index contributed by atoms with van der Waals surface area (Å²) < 4.78 is 38.1. The minimum Gasteiger partial charge on any atom is -0.497 e. The van der Waals surface area contributed by atoms with E-state index in [1.54, 1.807) is 30.7 Å². The summed E-state index contributed by atoms with van der Waals surface area (Å²) in [6.45, 7) is 1.17. The Morgan fingerprint density at radius 1 is 0.825 bits per heavy atom. The van der Waals surface area contributed by atoms with Crippen LogP contribution in [0.15, 0.2) is 88.2 Å². The lowest BCUT2D eigenvalue weighted by Crippen LogP contribution is -2.27. The van der Waals surface area contributed by atoms with Crippen molar-refractivity contribution < 1.29 is 17.9 Å². The molecule has 0 saturated carbocycles. The van der Waals surface area contributed by atoms with Crippen molar-refractivity contribution in [2.75, 3.05) is 32.3 Å². The van der Waals surface area contributed by atoms with Crippen LogP contribution in [0.4, 0.5) is 5.13 Å². The Morgan fingerprint density at radius 2 is 1.43 bits per heavy atom. The summed E-state index contributed by atoms with van der Waals surface area (Å²) in [5, 5.41) is 9.77. The third-order valence-electron chi connectivity index (χ3n) is 7.38. The first kappa shape index (κ1) is 26.5. The molecule has 206 valence electrons. The van der Waals surface area contributed by atoms with Gasteiger partial charge in [-0.15, -0.1) is 11.3 Å². The molecule has 1 saturated heterocycles. The van der Waals surface area contributed by atoms with E-state index < -0.39 is 10.0 Å². The van der Waals surface area contributed by atoms with E-state index in [1.165, 1.54) is 11.3 Å². The second kappa shape index (κ2) is 11.0. The van der Waals surface area contributed by atoms with Crippen molar-refractivity contribution in [1.29, 1.82) is 0 Å². The smallest absolute Gasteiger partial charge is 0.243 e. The quantitative estimate of drug-likeness (QED) is 0.258. The average molecular weight is 575 g/mol. The van der Waals surface area contributed by atoms with Gasteiger partial charge >= 0.3 is 0 Å². The van der Waals surface area contributed by atoms with E-state index in [0.717, 1.165) is 64.0 Å². The predicted octanol–water partition coefficient (Wildman–Crippen LogP) is 5.97. The van der Waals surface area contributed by atoms with Crippen molar-refractivity contribution in [3.63, 3.8) is 0 Å². The lowest BCUT2D eigenvalue weighted by Gasteiger charge is -2.21. The third-order valence-corrected chi connectivity index (χ3v) is 10.1. The van der Waals surface area contributed by atoms with Crippen molar-refractivity contribution in [3.8, 4) is 22.8 Å². The van der Waals surface area contributed by atoms with E-state index in [2.05, 4.69) is 12.1 Å². The van der Waals surface area contributed by atoms with Gasteiger partial charge in [-0.2, -0.15) is 9.41 Å². The highest BCUT2D eigenvalue weighted by atomic mass is 32.2. The molecule has 2 aliphatic heterocycles. The zero-order valence-corrected chi connectivity index (χ0v) is 24.0. The molecule has 8 nitrogen and oxygen atoms in total. The maximum absolute atomic E-state index is 12.9. The number of ether oxygens (including phenoxy) is 2. The van der Waals surface area contributed by atoms with Crippen LogP contribution in [-0.2, 0) is 10.0 Å². The van der Waals surface area contributed by atoms with Gasteiger partial charge in [-0.05, 0) is 72.5 Å². The monoisotopic (exact) mass is 574 g/mol. The van der Waals surface area contributed by atoms with E-state index >= 15 is 0 Å². The number of thiazole rings is 1. The molecule has 3 aromatic carbocycles. The number of anilines is 1. The molecule has 1 aromatic heterocycles. The Hall–Kier alpha value is -3.73. The van der Waals surface area contributed by atoms with Crippen LogP contribution in [0.5, 0.6) is 11.5 Å². The first-order chi connectivity index (χ1) is 19.5. The topological polar surface area (TPSA) is 84.3 Å². The number of hydrazone groups is 1. The molecule has 0 spiro atoms. The minimum absolute atomic E-state index is 0.0324. The molecule has 4 aromatic rings. The standard InChI is InChI=1S/C30H30N4O4S2/c1-37-24-11-5-21(6-12-24)27-19-29(23-7-13-25(38-2)14-8-23)34(32-27)30-31-28(20-39-30)22-9-15-26(16-10-22)40(35,36)33-17-3-4-18-33/h5-16,20,29H,3-4,17-19H2,1-2H3/t29-/m0/s1. The maximum atomic E-state index is 12.9.